The van der Waals surface area contributed by atoms with E-state index in [1.54, 1.807) is 0 Å². The largest absolute Gasteiger partial charge is 0.361 e. The molecule has 0 aromatic carbocycles. The van der Waals surface area contributed by atoms with Gasteiger partial charge in [-0.1, -0.05) is 5.16 Å². The van der Waals surface area contributed by atoms with Crippen LogP contribution in [0.1, 0.15) is 24.3 Å². The van der Waals surface area contributed by atoms with Gasteiger partial charge in [0.05, 0.1) is 5.69 Å². The van der Waals surface area contributed by atoms with Crippen LogP contribution in [0.25, 0.3) is 0 Å². The van der Waals surface area contributed by atoms with Crippen LogP contribution in [0.5, 0.6) is 0 Å². The fourth-order valence-electron chi connectivity index (χ4n) is 1.30. The molecule has 0 unspecified atom stereocenters. The van der Waals surface area contributed by atoms with Gasteiger partial charge in [0, 0.05) is 25.1 Å². The van der Waals surface area contributed by atoms with Crippen molar-refractivity contribution in [1.29, 1.82) is 0 Å². The Morgan fingerprint density at radius 2 is 2.47 bits per heavy atom. The second kappa shape index (κ2) is 4.33. The van der Waals surface area contributed by atoms with Crippen molar-refractivity contribution in [3.8, 4) is 0 Å². The summed E-state index contributed by atoms with van der Waals surface area (Å²) < 4.78 is 4.92. The number of urea groups is 1. The summed E-state index contributed by atoms with van der Waals surface area (Å²) in [5, 5.41) is 9.47. The molecule has 15 heavy (non-hydrogen) atoms. The molecule has 5 heteroatoms. The number of nitrogens with one attached hydrogen (secondary N) is 2. The van der Waals surface area contributed by atoms with Gasteiger partial charge in [-0.05, 0) is 19.8 Å². The van der Waals surface area contributed by atoms with E-state index in [1.807, 2.05) is 13.0 Å². The lowest BCUT2D eigenvalue weighted by molar-refractivity contribution is 0.240. The Morgan fingerprint density at radius 3 is 3.07 bits per heavy atom. The molecule has 0 bridgehead atoms. The van der Waals surface area contributed by atoms with E-state index < -0.39 is 0 Å². The summed E-state index contributed by atoms with van der Waals surface area (Å²) in [5.74, 6) is 0.799. The van der Waals surface area contributed by atoms with Crippen LogP contribution in [0, 0.1) is 6.92 Å². The van der Waals surface area contributed by atoms with Crippen molar-refractivity contribution in [2.45, 2.75) is 32.2 Å². The number of hydrogen-bond acceptors (Lipinski definition) is 3. The van der Waals surface area contributed by atoms with Gasteiger partial charge in [-0.15, -0.1) is 0 Å². The van der Waals surface area contributed by atoms with Crippen LogP contribution in [0.3, 0.4) is 0 Å². The van der Waals surface area contributed by atoms with Gasteiger partial charge in [0.25, 0.3) is 0 Å². The maximum atomic E-state index is 11.2. The fraction of sp³-hybridized carbons (Fsp3) is 0.600. The molecule has 2 N–H and O–H groups in total. The summed E-state index contributed by atoms with van der Waals surface area (Å²) in [6.07, 6.45) is 2.92. The minimum absolute atomic E-state index is 0.0854. The van der Waals surface area contributed by atoms with Gasteiger partial charge in [-0.25, -0.2) is 4.79 Å². The Kier molecular flexibility index (Phi) is 2.89. The molecular formula is C10H15N3O2. The van der Waals surface area contributed by atoms with E-state index in [0.717, 1.165) is 24.3 Å². The number of amides is 2. The summed E-state index contributed by atoms with van der Waals surface area (Å²) in [5.41, 5.74) is 0.874. The van der Waals surface area contributed by atoms with E-state index in [2.05, 4.69) is 15.8 Å². The minimum Gasteiger partial charge on any atom is -0.361 e. The van der Waals surface area contributed by atoms with Crippen LogP contribution in [0.15, 0.2) is 10.6 Å². The molecule has 2 rings (SSSR count). The zero-order valence-corrected chi connectivity index (χ0v) is 8.75. The Hall–Kier alpha value is -1.52. The zero-order valence-electron chi connectivity index (χ0n) is 8.75. The molecule has 0 atom stereocenters. The van der Waals surface area contributed by atoms with Gasteiger partial charge in [0.1, 0.15) is 5.76 Å². The van der Waals surface area contributed by atoms with Gasteiger partial charge >= 0.3 is 6.03 Å². The van der Waals surface area contributed by atoms with Crippen molar-refractivity contribution in [2.75, 3.05) is 6.54 Å². The van der Waals surface area contributed by atoms with Crippen LogP contribution < -0.4 is 10.6 Å². The summed E-state index contributed by atoms with van der Waals surface area (Å²) in [7, 11) is 0. The highest BCUT2D eigenvalue weighted by molar-refractivity contribution is 5.74. The fourth-order valence-corrected chi connectivity index (χ4v) is 1.30. The molecule has 2 amide bonds. The lowest BCUT2D eigenvalue weighted by Crippen LogP contribution is -2.37. The highest BCUT2D eigenvalue weighted by Gasteiger charge is 2.22. The molecule has 1 aliphatic carbocycles. The first-order valence-electron chi connectivity index (χ1n) is 5.20. The van der Waals surface area contributed by atoms with E-state index in [-0.39, 0.29) is 6.03 Å². The van der Waals surface area contributed by atoms with E-state index in [9.17, 15) is 4.79 Å². The predicted octanol–water partition coefficient (Wildman–Crippen LogP) is 0.987. The topological polar surface area (TPSA) is 67.2 Å². The number of hydrogen-bond donors (Lipinski definition) is 2. The maximum absolute atomic E-state index is 11.2. The molecule has 5 nitrogen and oxygen atoms in total. The number of aryl methyl sites for hydroxylation is 1. The number of rotatable bonds is 4. The SMILES string of the molecule is Cc1cc(CCNC(=O)NC2CC2)no1. The molecule has 1 aliphatic rings. The Balaban J connectivity index is 1.63. The van der Waals surface area contributed by atoms with E-state index in [1.165, 1.54) is 0 Å². The average Bonchev–Trinajstić information content (AvgIpc) is 2.89. The number of carbonyl (C=O) groups is 1. The Bertz CT molecular complexity index is 344. The second-order valence-corrected chi connectivity index (χ2v) is 3.85. The van der Waals surface area contributed by atoms with Crippen molar-refractivity contribution >= 4 is 6.03 Å². The molecule has 1 aromatic heterocycles. The van der Waals surface area contributed by atoms with Crippen LogP contribution in [-0.2, 0) is 6.42 Å². The molecule has 0 radical (unpaired) electrons. The van der Waals surface area contributed by atoms with Crippen molar-refractivity contribution in [2.24, 2.45) is 0 Å². The maximum Gasteiger partial charge on any atom is 0.315 e. The van der Waals surface area contributed by atoms with Crippen molar-refractivity contribution < 1.29 is 9.32 Å². The van der Waals surface area contributed by atoms with Gasteiger partial charge in [-0.2, -0.15) is 0 Å². The third kappa shape index (κ3) is 3.27. The van der Waals surface area contributed by atoms with Crippen molar-refractivity contribution in [3.63, 3.8) is 0 Å². The van der Waals surface area contributed by atoms with Gasteiger partial charge in [0.2, 0.25) is 0 Å². The minimum atomic E-state index is -0.0854. The smallest absolute Gasteiger partial charge is 0.315 e. The van der Waals surface area contributed by atoms with E-state index in [4.69, 9.17) is 4.52 Å². The molecule has 0 saturated heterocycles. The Labute approximate surface area is 88.2 Å². The summed E-state index contributed by atoms with van der Waals surface area (Å²) in [6.45, 7) is 2.44. The predicted molar refractivity (Wildman–Crippen MR) is 54.5 cm³/mol. The molecule has 1 aromatic rings. The third-order valence-corrected chi connectivity index (χ3v) is 2.26. The van der Waals surface area contributed by atoms with Gasteiger partial charge in [-0.3, -0.25) is 0 Å². The van der Waals surface area contributed by atoms with E-state index in [0.29, 0.717) is 19.0 Å². The third-order valence-electron chi connectivity index (χ3n) is 2.26. The van der Waals surface area contributed by atoms with Crippen LogP contribution in [0.4, 0.5) is 4.79 Å². The quantitative estimate of drug-likeness (QED) is 0.777. The molecule has 0 spiro atoms. The molecule has 1 heterocycles. The molecule has 82 valence electrons. The zero-order chi connectivity index (χ0) is 10.7. The monoisotopic (exact) mass is 209 g/mol. The molecular weight excluding hydrogens is 194 g/mol. The van der Waals surface area contributed by atoms with Gasteiger partial charge in [0.15, 0.2) is 0 Å². The lowest BCUT2D eigenvalue weighted by atomic mass is 10.3. The number of nitrogens with zero attached hydrogens (tertiary/aromatic N) is 1. The summed E-state index contributed by atoms with van der Waals surface area (Å²) >= 11 is 0. The second-order valence-electron chi connectivity index (χ2n) is 3.85. The van der Waals surface area contributed by atoms with Crippen LogP contribution >= 0.6 is 0 Å². The first-order valence-corrected chi connectivity index (χ1v) is 5.20. The van der Waals surface area contributed by atoms with E-state index >= 15 is 0 Å². The van der Waals surface area contributed by atoms with Crippen LogP contribution in [-0.4, -0.2) is 23.8 Å². The highest BCUT2D eigenvalue weighted by Crippen LogP contribution is 2.18. The summed E-state index contributed by atoms with van der Waals surface area (Å²) in [4.78, 5) is 11.2. The normalized spacial score (nSPS) is 15.0. The summed E-state index contributed by atoms with van der Waals surface area (Å²) in [6, 6.07) is 2.19. The molecule has 1 saturated carbocycles. The first-order chi connectivity index (χ1) is 7.24. The van der Waals surface area contributed by atoms with Crippen molar-refractivity contribution in [1.82, 2.24) is 15.8 Å². The van der Waals surface area contributed by atoms with Crippen molar-refractivity contribution in [3.05, 3.63) is 17.5 Å². The number of carbonyl (C=O) groups excluding carboxylic acids is 1. The van der Waals surface area contributed by atoms with Gasteiger partial charge < -0.3 is 15.2 Å². The van der Waals surface area contributed by atoms with Crippen LogP contribution in [0.2, 0.25) is 0 Å². The Morgan fingerprint density at radius 1 is 1.67 bits per heavy atom. The molecule has 0 aliphatic heterocycles. The highest BCUT2D eigenvalue weighted by atomic mass is 16.5. The molecule has 1 fully saturated rings. The average molecular weight is 209 g/mol. The first kappa shape index (κ1) is 10.0. The number of aromatic nitrogens is 1. The standard InChI is InChI=1S/C10H15N3O2/c1-7-6-9(13-15-7)4-5-11-10(14)12-8-2-3-8/h6,8H,2-5H2,1H3,(H2,11,12,14). The lowest BCUT2D eigenvalue weighted by Gasteiger charge is -2.04.